The van der Waals surface area contributed by atoms with Gasteiger partial charge < -0.3 is 80.4 Å². The summed E-state index contributed by atoms with van der Waals surface area (Å²) in [6, 6.07) is 79.6. The predicted molar refractivity (Wildman–Crippen MR) is 513 cm³/mol. The summed E-state index contributed by atoms with van der Waals surface area (Å²) in [6.07, 6.45) is 14.3. The van der Waals surface area contributed by atoms with Crippen LogP contribution in [0.5, 0.6) is 0 Å². The predicted octanol–water partition coefficient (Wildman–Crippen LogP) is 17.5. The van der Waals surface area contributed by atoms with Gasteiger partial charge in [-0.05, 0) is 215 Å². The fourth-order valence-electron chi connectivity index (χ4n) is 17.3. The summed E-state index contributed by atoms with van der Waals surface area (Å²) in [5.41, 5.74) is 13.1. The molecule has 0 radical (unpaired) electrons. The SMILES string of the molecule is CC(C)(C)OC(=O)N(CC1(C=O)CC1)[C@@H]1C[C@H]1c1ccccc1.CC(C)(C)OC(=O)N(CC1(CN[C@@H](Cc2ccccc2)C(=O)O)CC1)[C@@H]1C[C@H]1c1ccccc1.COC(=O)[C@@H](N)Cc1ccccc1.COC(=O)[C@H](Cc1ccccc1)NCC1(CN(C(=O)OC(C)(C)C)[C@@H]2C[C@H]2c2ccccc2)CC1.O=C(O)[C@H](Cc1ccccc1)NCC1(CN[C@@H]2C[C@H]2c2ccccc2)CC1. The van der Waals surface area contributed by atoms with Gasteiger partial charge in [0.1, 0.15) is 47.3 Å². The maximum absolute atomic E-state index is 13.3. The van der Waals surface area contributed by atoms with Crippen molar-refractivity contribution < 1.29 is 72.3 Å². The maximum atomic E-state index is 13.3. The third kappa shape index (κ3) is 31.3. The summed E-state index contributed by atoms with van der Waals surface area (Å²) in [4.78, 5) is 103. The van der Waals surface area contributed by atoms with Crippen molar-refractivity contribution in [1.82, 2.24) is 36.0 Å². The third-order valence-corrected chi connectivity index (χ3v) is 26.2. The van der Waals surface area contributed by atoms with E-state index in [4.69, 9.17) is 24.7 Å². The zero-order chi connectivity index (χ0) is 94.4. The van der Waals surface area contributed by atoms with Crippen LogP contribution in [0.4, 0.5) is 14.4 Å². The first kappa shape index (κ1) is 99.9. The molecule has 8 saturated carbocycles. The average Bonchev–Trinajstić information content (AvgIpc) is 1.60. The zero-order valence-corrected chi connectivity index (χ0v) is 79.0. The van der Waals surface area contributed by atoms with Gasteiger partial charge in [0.25, 0.3) is 0 Å². The van der Waals surface area contributed by atoms with Gasteiger partial charge in [0, 0.05) is 110 Å². The number of carbonyl (C=O) groups is 8. The molecule has 0 spiro atoms. The number of esters is 2. The lowest BCUT2D eigenvalue weighted by molar-refractivity contribution is -0.143. The van der Waals surface area contributed by atoms with Crippen LogP contribution in [0.2, 0.25) is 0 Å². The van der Waals surface area contributed by atoms with Gasteiger partial charge in [0.05, 0.1) is 14.2 Å². The minimum absolute atomic E-state index is 0.0519. The molecule has 3 amide bonds. The highest BCUT2D eigenvalue weighted by molar-refractivity contribution is 5.77. The van der Waals surface area contributed by atoms with Gasteiger partial charge >= 0.3 is 42.2 Å². The molecule has 8 fully saturated rings. The molecule has 0 aromatic heterocycles. The van der Waals surface area contributed by atoms with Gasteiger partial charge in [0.2, 0.25) is 0 Å². The van der Waals surface area contributed by atoms with Crippen molar-refractivity contribution >= 4 is 48.4 Å². The molecule has 8 N–H and O–H groups in total. The van der Waals surface area contributed by atoms with Crippen LogP contribution in [0.15, 0.2) is 243 Å². The Bertz CT molecular complexity index is 5010. The first-order valence-electron chi connectivity index (χ1n) is 47.2. The number of rotatable bonds is 38. The Hall–Kier alpha value is -11.1. The van der Waals surface area contributed by atoms with Gasteiger partial charge in [-0.1, -0.05) is 243 Å². The van der Waals surface area contributed by atoms with Crippen LogP contribution in [-0.4, -0.2) is 199 Å². The van der Waals surface area contributed by atoms with Crippen LogP contribution in [0.1, 0.15) is 208 Å². The molecule has 8 aromatic rings. The first-order valence-corrected chi connectivity index (χ1v) is 47.2. The molecule has 0 unspecified atom stereocenters. The average molecular weight is 1800 g/mol. The van der Waals surface area contributed by atoms with Gasteiger partial charge in [0.15, 0.2) is 0 Å². The van der Waals surface area contributed by atoms with Gasteiger partial charge in [-0.2, -0.15) is 0 Å². The quantitative estimate of drug-likeness (QED) is 0.0107. The minimum atomic E-state index is -0.852. The van der Waals surface area contributed by atoms with Crippen molar-refractivity contribution in [3.63, 3.8) is 0 Å². The van der Waals surface area contributed by atoms with E-state index in [1.165, 1.54) is 55.7 Å². The lowest BCUT2D eigenvalue weighted by atomic mass is 10.0. The molecule has 706 valence electrons. The number of amides is 3. The Kier molecular flexibility index (Phi) is 34.1. The second-order valence-electron chi connectivity index (χ2n) is 40.9. The van der Waals surface area contributed by atoms with Crippen molar-refractivity contribution in [2.24, 2.45) is 27.4 Å². The van der Waals surface area contributed by atoms with Crippen molar-refractivity contribution in [2.45, 2.75) is 254 Å². The summed E-state index contributed by atoms with van der Waals surface area (Å²) < 4.78 is 26.8. The molecule has 16 rings (SSSR count). The van der Waals surface area contributed by atoms with Crippen molar-refractivity contribution in [1.29, 1.82) is 0 Å². The van der Waals surface area contributed by atoms with E-state index in [1.807, 2.05) is 236 Å². The van der Waals surface area contributed by atoms with E-state index in [0.29, 0.717) is 88.1 Å². The molecule has 8 aromatic carbocycles. The van der Waals surface area contributed by atoms with Crippen molar-refractivity contribution in [3.05, 3.63) is 287 Å². The van der Waals surface area contributed by atoms with Gasteiger partial charge in [-0.25, -0.2) is 14.4 Å². The first-order chi connectivity index (χ1) is 63.1. The number of aliphatic carboxylic acids is 2. The summed E-state index contributed by atoms with van der Waals surface area (Å²) in [6.45, 7) is 21.7. The third-order valence-electron chi connectivity index (χ3n) is 26.2. The molecule has 12 atom stereocenters. The highest BCUT2D eigenvalue weighted by Gasteiger charge is 2.56. The summed E-state index contributed by atoms with van der Waals surface area (Å²) in [5.74, 6) is -0.602. The topological polar surface area (TPSA) is 307 Å². The van der Waals surface area contributed by atoms with Crippen molar-refractivity contribution in [2.75, 3.05) is 60.0 Å². The molecule has 0 saturated heterocycles. The van der Waals surface area contributed by atoms with Crippen molar-refractivity contribution in [3.8, 4) is 0 Å². The molecular weight excluding hydrogens is 1660 g/mol. The lowest BCUT2D eigenvalue weighted by Crippen LogP contribution is -2.47. The number of hydrogen-bond donors (Lipinski definition) is 7. The Balaban J connectivity index is 0.000000153. The van der Waals surface area contributed by atoms with Crippen LogP contribution in [0.3, 0.4) is 0 Å². The Labute approximate surface area is 780 Å². The number of carbonyl (C=O) groups excluding carboxylic acids is 6. The Morgan fingerprint density at radius 2 is 0.652 bits per heavy atom. The highest BCUT2D eigenvalue weighted by Crippen LogP contribution is 2.55. The second kappa shape index (κ2) is 45.1. The molecule has 8 aliphatic carbocycles. The number of benzene rings is 8. The number of nitrogens with one attached hydrogen (secondary N) is 4. The monoisotopic (exact) mass is 1800 g/mol. The number of carboxylic acids is 2. The fourth-order valence-corrected chi connectivity index (χ4v) is 17.3. The summed E-state index contributed by atoms with van der Waals surface area (Å²) in [7, 11) is 2.77. The lowest BCUT2D eigenvalue weighted by Gasteiger charge is -2.31. The van der Waals surface area contributed by atoms with E-state index >= 15 is 0 Å². The van der Waals surface area contributed by atoms with Crippen LogP contribution in [-0.2, 0) is 73.3 Å². The summed E-state index contributed by atoms with van der Waals surface area (Å²) in [5, 5.41) is 33.1. The molecular formula is C109H140N8O15. The smallest absolute Gasteiger partial charge is 0.410 e. The number of hydrogen-bond acceptors (Lipinski definition) is 18. The number of methoxy groups -OCH3 is 2. The number of nitrogens with two attached hydrogens (primary N) is 1. The molecule has 0 heterocycles. The normalized spacial score (nSPS) is 21.4. The van der Waals surface area contributed by atoms with Crippen LogP contribution >= 0.6 is 0 Å². The zero-order valence-electron chi connectivity index (χ0n) is 79.0. The molecule has 23 nitrogen and oxygen atoms in total. The highest BCUT2D eigenvalue weighted by atomic mass is 16.6. The van der Waals surface area contributed by atoms with Crippen LogP contribution < -0.4 is 27.0 Å². The standard InChI is InChI=1S/C29H38N2O4.C28H36N2O4.C23H28N2O2.C19H25NO3.C10H13NO2/c1-28(2,3)35-27(33)31(25-18-23(25)22-13-9-6-10-14-22)20-29(15-16-29)19-30-24(26(32)34-4)17-21-11-7-5-8-12-21;1-27(2,3)34-26(33)30(24-17-22(24)21-12-8-5-9-13-21)19-28(14-15-28)18-29-23(25(31)32)16-20-10-6-4-7-11-20;26-22(27)21(13-17-7-3-1-4-8-17)25-16-23(11-12-23)15-24-20-14-19(20)18-9-5-2-6-10-18;1-18(2,3)23-17(22)20(12-19(13-21)9-10-19)16-11-15(16)14-7-5-4-6-8-14;1-13-10(12)9(11)7-8-5-3-2-4-6-8/h5-14,23-25,30H,15-20H2,1-4H3;4-13,22-24,29H,14-19H2,1-3H3,(H,31,32);1-10,19-21,24-25H,11-16H2,(H,26,27);4-8,13,15-16H,9-12H2,1-3H3;2-6,9H,7,11H2,1H3/t23-,24-,25+;22-,23-,24+;19-,20+,21-;15-,16+;9-/m00000/s1. The van der Waals surface area contributed by atoms with E-state index < -0.39 is 52.9 Å². The number of carboxylic acid groups (broad SMARTS) is 2. The number of nitrogens with zero attached hydrogens (tertiary/aromatic N) is 3. The number of ether oxygens (including phenoxy) is 5. The van der Waals surface area contributed by atoms with Gasteiger partial charge in [-0.15, -0.1) is 0 Å². The second-order valence-corrected chi connectivity index (χ2v) is 40.9. The number of aldehydes is 1. The maximum Gasteiger partial charge on any atom is 0.410 e. The molecule has 0 bridgehead atoms. The molecule has 23 heteroatoms. The van der Waals surface area contributed by atoms with E-state index in [0.717, 1.165) is 99.4 Å². The van der Waals surface area contributed by atoms with E-state index in [1.54, 1.807) is 4.90 Å². The Morgan fingerprint density at radius 1 is 0.371 bits per heavy atom. The molecule has 0 aliphatic heterocycles. The van der Waals surface area contributed by atoms with E-state index in [9.17, 15) is 48.6 Å². The van der Waals surface area contributed by atoms with E-state index in [2.05, 4.69) is 105 Å². The largest absolute Gasteiger partial charge is 0.480 e. The van der Waals surface area contributed by atoms with Gasteiger partial charge in [-0.3, -0.25) is 19.2 Å². The fraction of sp³-hybridized carbons (Fsp3) is 0.486. The van der Waals surface area contributed by atoms with E-state index in [-0.39, 0.29) is 70.0 Å². The van der Waals surface area contributed by atoms with Crippen LogP contribution in [0.25, 0.3) is 0 Å². The molecule has 8 aliphatic rings. The Morgan fingerprint density at radius 3 is 0.939 bits per heavy atom. The minimum Gasteiger partial charge on any atom is -0.480 e. The molecule has 132 heavy (non-hydrogen) atoms. The van der Waals surface area contributed by atoms with Crippen LogP contribution in [0, 0.1) is 21.7 Å². The summed E-state index contributed by atoms with van der Waals surface area (Å²) >= 11 is 0.